The van der Waals surface area contributed by atoms with Crippen LogP contribution < -0.4 is 0 Å². The van der Waals surface area contributed by atoms with Crippen molar-refractivity contribution in [2.45, 2.75) is 64.6 Å². The first-order valence-electron chi connectivity index (χ1n) is 7.98. The first-order chi connectivity index (χ1) is 10.5. The second kappa shape index (κ2) is 4.87. The first-order valence-corrected chi connectivity index (χ1v) is 7.98. The Morgan fingerprint density at radius 1 is 1.18 bits per heavy atom. The van der Waals surface area contributed by atoms with E-state index in [1.165, 1.54) is 18.7 Å². The van der Waals surface area contributed by atoms with Crippen molar-refractivity contribution < 1.29 is 4.52 Å². The Morgan fingerprint density at radius 3 is 2.68 bits per heavy atom. The number of nitrogens with zero attached hydrogens (tertiary/aromatic N) is 6. The smallest absolute Gasteiger partial charge is 0.232 e. The van der Waals surface area contributed by atoms with Crippen molar-refractivity contribution in [2.75, 3.05) is 6.54 Å². The Balaban J connectivity index is 1.45. The normalized spacial score (nSPS) is 19.4. The third kappa shape index (κ3) is 2.54. The van der Waals surface area contributed by atoms with Gasteiger partial charge in [0.15, 0.2) is 5.82 Å². The van der Waals surface area contributed by atoms with Crippen molar-refractivity contribution in [3.63, 3.8) is 0 Å². The lowest BCUT2D eigenvalue weighted by atomic mass is 9.97. The fourth-order valence-corrected chi connectivity index (χ4v) is 2.83. The minimum Gasteiger partial charge on any atom is -0.339 e. The third-order valence-corrected chi connectivity index (χ3v) is 4.28. The topological polar surface area (TPSA) is 72.9 Å². The fourth-order valence-electron chi connectivity index (χ4n) is 2.83. The predicted molar refractivity (Wildman–Crippen MR) is 79.1 cm³/mol. The van der Waals surface area contributed by atoms with Gasteiger partial charge in [0.25, 0.3) is 0 Å². The lowest BCUT2D eigenvalue weighted by molar-refractivity contribution is 0.199. The molecule has 2 aliphatic rings. The molecule has 7 heteroatoms. The van der Waals surface area contributed by atoms with E-state index in [4.69, 9.17) is 4.52 Å². The number of hydrogen-bond acceptors (Lipinski definition) is 6. The van der Waals surface area contributed by atoms with E-state index in [1.807, 2.05) is 0 Å². The molecular weight excluding hydrogens is 280 g/mol. The number of hydrogen-bond donors (Lipinski definition) is 0. The molecule has 0 bridgehead atoms. The lowest BCUT2D eigenvalue weighted by Gasteiger charge is -2.26. The minimum absolute atomic E-state index is 0.105. The molecule has 0 aromatic carbocycles. The minimum atomic E-state index is -0.105. The zero-order valence-electron chi connectivity index (χ0n) is 13.4. The van der Waals surface area contributed by atoms with Crippen molar-refractivity contribution >= 4 is 0 Å². The van der Waals surface area contributed by atoms with Gasteiger partial charge in [-0.05, 0) is 12.8 Å². The monoisotopic (exact) mass is 302 g/mol. The van der Waals surface area contributed by atoms with Gasteiger partial charge in [-0.2, -0.15) is 4.98 Å². The number of fused-ring (bicyclic) bond motifs is 1. The predicted octanol–water partition coefficient (Wildman–Crippen LogP) is 1.85. The summed E-state index contributed by atoms with van der Waals surface area (Å²) >= 11 is 0. The van der Waals surface area contributed by atoms with E-state index in [-0.39, 0.29) is 5.41 Å². The maximum Gasteiger partial charge on any atom is 0.232 e. The van der Waals surface area contributed by atoms with Crippen LogP contribution in [-0.2, 0) is 25.0 Å². The molecule has 2 aromatic rings. The summed E-state index contributed by atoms with van der Waals surface area (Å²) in [6, 6.07) is 0. The maximum atomic E-state index is 5.36. The largest absolute Gasteiger partial charge is 0.339 e. The van der Waals surface area contributed by atoms with E-state index < -0.39 is 0 Å². The molecule has 0 radical (unpaired) electrons. The first kappa shape index (κ1) is 13.9. The Bertz CT molecular complexity index is 679. The maximum absolute atomic E-state index is 5.36. The van der Waals surface area contributed by atoms with Crippen LogP contribution in [0.4, 0.5) is 0 Å². The highest BCUT2D eigenvalue weighted by molar-refractivity contribution is 5.10. The van der Waals surface area contributed by atoms with Crippen LogP contribution >= 0.6 is 0 Å². The summed E-state index contributed by atoms with van der Waals surface area (Å²) in [5.74, 6) is 4.34. The zero-order chi connectivity index (χ0) is 15.3. The SMILES string of the molecule is CC(C)(C)c1nc(CN2CCn3c(nnc3C3CC3)C2)no1. The summed E-state index contributed by atoms with van der Waals surface area (Å²) in [4.78, 5) is 6.82. The van der Waals surface area contributed by atoms with Crippen LogP contribution in [0.5, 0.6) is 0 Å². The Kier molecular flexibility index (Phi) is 3.07. The molecule has 1 saturated carbocycles. The molecule has 22 heavy (non-hydrogen) atoms. The van der Waals surface area contributed by atoms with E-state index in [1.54, 1.807) is 0 Å². The lowest BCUT2D eigenvalue weighted by Crippen LogP contribution is -2.34. The second-order valence-electron chi connectivity index (χ2n) is 7.38. The van der Waals surface area contributed by atoms with Gasteiger partial charge in [-0.25, -0.2) is 0 Å². The molecular formula is C15H22N6O. The highest BCUT2D eigenvalue weighted by Gasteiger charge is 2.32. The number of rotatable bonds is 3. The van der Waals surface area contributed by atoms with Gasteiger partial charge >= 0.3 is 0 Å². The molecule has 7 nitrogen and oxygen atoms in total. The molecule has 1 aliphatic heterocycles. The van der Waals surface area contributed by atoms with E-state index in [9.17, 15) is 0 Å². The van der Waals surface area contributed by atoms with Crippen LogP contribution in [-0.4, -0.2) is 36.3 Å². The van der Waals surface area contributed by atoms with Gasteiger partial charge in [0.1, 0.15) is 11.6 Å². The van der Waals surface area contributed by atoms with Gasteiger partial charge in [0, 0.05) is 24.4 Å². The van der Waals surface area contributed by atoms with Crippen LogP contribution in [0.3, 0.4) is 0 Å². The average Bonchev–Trinajstić information content (AvgIpc) is 3.04. The summed E-state index contributed by atoms with van der Waals surface area (Å²) < 4.78 is 7.66. The van der Waals surface area contributed by atoms with Crippen LogP contribution in [0.2, 0.25) is 0 Å². The Hall–Kier alpha value is -1.76. The molecule has 0 atom stereocenters. The molecule has 2 aromatic heterocycles. The summed E-state index contributed by atoms with van der Waals surface area (Å²) in [5, 5.41) is 12.8. The standard InChI is InChI=1S/C15H22N6O/c1-15(2,3)14-16-11(19-22-14)8-20-6-7-21-12(9-20)17-18-13(21)10-4-5-10/h10H,4-9H2,1-3H3. The molecule has 0 spiro atoms. The van der Waals surface area contributed by atoms with E-state index in [2.05, 4.69) is 50.6 Å². The zero-order valence-corrected chi connectivity index (χ0v) is 13.4. The summed E-state index contributed by atoms with van der Waals surface area (Å²) in [6.45, 7) is 9.67. The summed E-state index contributed by atoms with van der Waals surface area (Å²) in [6.07, 6.45) is 2.53. The molecule has 118 valence electrons. The molecule has 0 amide bonds. The molecule has 4 rings (SSSR count). The van der Waals surface area contributed by atoms with Gasteiger partial charge in [-0.1, -0.05) is 25.9 Å². The summed E-state index contributed by atoms with van der Waals surface area (Å²) in [7, 11) is 0. The van der Waals surface area contributed by atoms with Crippen LogP contribution in [0.1, 0.15) is 62.9 Å². The second-order valence-corrected chi connectivity index (χ2v) is 7.38. The molecule has 3 heterocycles. The fraction of sp³-hybridized carbons (Fsp3) is 0.733. The van der Waals surface area contributed by atoms with Crippen LogP contribution in [0.25, 0.3) is 0 Å². The van der Waals surface area contributed by atoms with E-state index >= 15 is 0 Å². The van der Waals surface area contributed by atoms with Crippen molar-refractivity contribution in [3.8, 4) is 0 Å². The van der Waals surface area contributed by atoms with Gasteiger partial charge in [-0.15, -0.1) is 10.2 Å². The summed E-state index contributed by atoms with van der Waals surface area (Å²) in [5.41, 5.74) is -0.105. The highest BCUT2D eigenvalue weighted by Crippen LogP contribution is 2.39. The number of aromatic nitrogens is 5. The highest BCUT2D eigenvalue weighted by atomic mass is 16.5. The third-order valence-electron chi connectivity index (χ3n) is 4.28. The molecule has 0 saturated heterocycles. The van der Waals surface area contributed by atoms with Gasteiger partial charge in [0.2, 0.25) is 5.89 Å². The van der Waals surface area contributed by atoms with Gasteiger partial charge < -0.3 is 9.09 Å². The average molecular weight is 302 g/mol. The van der Waals surface area contributed by atoms with Gasteiger partial charge in [0.05, 0.1) is 13.1 Å². The van der Waals surface area contributed by atoms with E-state index in [0.29, 0.717) is 18.4 Å². The Labute approximate surface area is 129 Å². The molecule has 0 N–H and O–H groups in total. The van der Waals surface area contributed by atoms with E-state index in [0.717, 1.165) is 31.3 Å². The van der Waals surface area contributed by atoms with Crippen molar-refractivity contribution in [3.05, 3.63) is 23.4 Å². The molecule has 0 unspecified atom stereocenters. The Morgan fingerprint density at radius 2 is 2.00 bits per heavy atom. The molecule has 1 fully saturated rings. The molecule has 1 aliphatic carbocycles. The van der Waals surface area contributed by atoms with Gasteiger partial charge in [-0.3, -0.25) is 4.90 Å². The van der Waals surface area contributed by atoms with Crippen LogP contribution in [0, 0.1) is 0 Å². The van der Waals surface area contributed by atoms with Crippen molar-refractivity contribution in [2.24, 2.45) is 0 Å². The van der Waals surface area contributed by atoms with Crippen molar-refractivity contribution in [1.29, 1.82) is 0 Å². The quantitative estimate of drug-likeness (QED) is 0.861. The van der Waals surface area contributed by atoms with Crippen LogP contribution in [0.15, 0.2) is 4.52 Å². The van der Waals surface area contributed by atoms with Crippen molar-refractivity contribution in [1.82, 2.24) is 29.8 Å².